The van der Waals surface area contributed by atoms with Crippen molar-refractivity contribution in [1.82, 2.24) is 24.6 Å². The van der Waals surface area contributed by atoms with Crippen molar-refractivity contribution < 1.29 is 0 Å². The van der Waals surface area contributed by atoms with Crippen molar-refractivity contribution in [2.75, 3.05) is 13.1 Å². The number of hydrogen-bond donors (Lipinski definition) is 1. The molecule has 2 aromatic heterocycles. The molecule has 0 aliphatic carbocycles. The van der Waals surface area contributed by atoms with Gasteiger partial charge in [0.05, 0.1) is 5.69 Å². The van der Waals surface area contributed by atoms with Gasteiger partial charge < -0.3 is 4.98 Å². The Bertz CT molecular complexity index is 557. The second-order valence-corrected chi connectivity index (χ2v) is 6.05. The lowest BCUT2D eigenvalue weighted by molar-refractivity contribution is 0.196. The smallest absolute Gasteiger partial charge is 0.110 e. The van der Waals surface area contributed by atoms with Crippen LogP contribution in [-0.4, -0.2) is 37.7 Å². The minimum absolute atomic E-state index is 0.541. The highest BCUT2D eigenvalue weighted by molar-refractivity contribution is 5.15. The molecule has 2 aromatic rings. The maximum Gasteiger partial charge on any atom is 0.110 e. The zero-order valence-electron chi connectivity index (χ0n) is 13.0. The van der Waals surface area contributed by atoms with Crippen LogP contribution in [0.15, 0.2) is 18.6 Å². The van der Waals surface area contributed by atoms with E-state index >= 15 is 0 Å². The molecule has 21 heavy (non-hydrogen) atoms. The van der Waals surface area contributed by atoms with E-state index in [0.29, 0.717) is 5.92 Å². The summed E-state index contributed by atoms with van der Waals surface area (Å²) in [7, 11) is 0. The quantitative estimate of drug-likeness (QED) is 0.920. The number of nitrogens with one attached hydrogen (secondary N) is 1. The predicted molar refractivity (Wildman–Crippen MR) is 83.1 cm³/mol. The largest absolute Gasteiger partial charge is 0.348 e. The predicted octanol–water partition coefficient (Wildman–Crippen LogP) is 2.70. The van der Waals surface area contributed by atoms with Gasteiger partial charge in [-0.15, -0.1) is 0 Å². The van der Waals surface area contributed by atoms with Crippen LogP contribution in [0.3, 0.4) is 0 Å². The monoisotopic (exact) mass is 287 g/mol. The fourth-order valence-corrected chi connectivity index (χ4v) is 3.22. The molecule has 0 spiro atoms. The Balaban J connectivity index is 1.64. The molecule has 1 saturated heterocycles. The molecule has 114 valence electrons. The van der Waals surface area contributed by atoms with E-state index in [0.717, 1.165) is 31.9 Å². The number of aryl methyl sites for hydroxylation is 2. The second-order valence-electron chi connectivity index (χ2n) is 6.05. The summed E-state index contributed by atoms with van der Waals surface area (Å²) in [6.45, 7) is 8.59. The molecule has 1 aliphatic rings. The Labute approximate surface area is 126 Å². The molecular formula is C16H25N5. The van der Waals surface area contributed by atoms with Crippen LogP contribution in [-0.2, 0) is 13.1 Å². The number of nitrogens with zero attached hydrogens (tertiary/aromatic N) is 4. The van der Waals surface area contributed by atoms with Crippen LogP contribution in [0, 0.1) is 6.92 Å². The molecule has 5 nitrogen and oxygen atoms in total. The molecule has 1 N–H and O–H groups in total. The molecule has 0 radical (unpaired) electrons. The average Bonchev–Trinajstić information content (AvgIpc) is 3.11. The van der Waals surface area contributed by atoms with Crippen molar-refractivity contribution >= 4 is 0 Å². The lowest BCUT2D eigenvalue weighted by Crippen LogP contribution is -2.34. The minimum Gasteiger partial charge on any atom is -0.348 e. The summed E-state index contributed by atoms with van der Waals surface area (Å²) in [6.07, 6.45) is 9.60. The molecule has 1 atom stereocenters. The van der Waals surface area contributed by atoms with Gasteiger partial charge in [0, 0.05) is 49.7 Å². The second kappa shape index (κ2) is 6.43. The molecule has 0 amide bonds. The summed E-state index contributed by atoms with van der Waals surface area (Å²) in [4.78, 5) is 10.2. The van der Waals surface area contributed by atoms with Crippen molar-refractivity contribution in [1.29, 1.82) is 0 Å². The van der Waals surface area contributed by atoms with E-state index in [1.54, 1.807) is 0 Å². The third-order valence-corrected chi connectivity index (χ3v) is 4.31. The van der Waals surface area contributed by atoms with Crippen LogP contribution < -0.4 is 0 Å². The molecule has 1 unspecified atom stereocenters. The molecule has 0 bridgehead atoms. The van der Waals surface area contributed by atoms with Gasteiger partial charge >= 0.3 is 0 Å². The molecular weight excluding hydrogens is 262 g/mol. The van der Waals surface area contributed by atoms with Crippen LogP contribution >= 0.6 is 0 Å². The number of likely N-dealkylation sites (tertiary alicyclic amines) is 1. The molecule has 0 saturated carbocycles. The summed E-state index contributed by atoms with van der Waals surface area (Å²) >= 11 is 0. The maximum absolute atomic E-state index is 4.61. The van der Waals surface area contributed by atoms with Gasteiger partial charge in [-0.2, -0.15) is 5.10 Å². The summed E-state index contributed by atoms with van der Waals surface area (Å²) in [5.74, 6) is 1.68. The van der Waals surface area contributed by atoms with Gasteiger partial charge in [-0.25, -0.2) is 4.98 Å². The lowest BCUT2D eigenvalue weighted by Gasteiger charge is -2.31. The Morgan fingerprint density at radius 3 is 3.10 bits per heavy atom. The Morgan fingerprint density at radius 1 is 1.43 bits per heavy atom. The Morgan fingerprint density at radius 2 is 2.33 bits per heavy atom. The summed E-state index contributed by atoms with van der Waals surface area (Å²) in [6, 6.07) is 0. The lowest BCUT2D eigenvalue weighted by atomic mass is 9.97. The molecule has 5 heteroatoms. The van der Waals surface area contributed by atoms with Crippen molar-refractivity contribution in [3.63, 3.8) is 0 Å². The normalized spacial score (nSPS) is 20.0. The summed E-state index contributed by atoms with van der Waals surface area (Å²) in [5, 5.41) is 4.61. The van der Waals surface area contributed by atoms with Crippen LogP contribution in [0.4, 0.5) is 0 Å². The Kier molecular flexibility index (Phi) is 4.39. The van der Waals surface area contributed by atoms with Crippen molar-refractivity contribution in [3.05, 3.63) is 35.7 Å². The standard InChI is InChI=1S/C16H25N5/c1-3-8-21-12-15(13(2)19-21)11-20-9-4-5-14(10-20)16-17-6-7-18-16/h6-7,12,14H,3-5,8-11H2,1-2H3,(H,17,18). The third kappa shape index (κ3) is 3.35. The highest BCUT2D eigenvalue weighted by atomic mass is 15.3. The number of aromatic nitrogens is 4. The van der Waals surface area contributed by atoms with E-state index < -0.39 is 0 Å². The van der Waals surface area contributed by atoms with E-state index in [-0.39, 0.29) is 0 Å². The number of aromatic amines is 1. The summed E-state index contributed by atoms with van der Waals surface area (Å²) in [5.41, 5.74) is 2.53. The minimum atomic E-state index is 0.541. The first-order valence-corrected chi connectivity index (χ1v) is 8.01. The van der Waals surface area contributed by atoms with E-state index in [4.69, 9.17) is 0 Å². The zero-order valence-corrected chi connectivity index (χ0v) is 13.0. The first-order chi connectivity index (χ1) is 10.3. The van der Waals surface area contributed by atoms with Gasteiger partial charge in [0.25, 0.3) is 0 Å². The number of H-pyrrole nitrogens is 1. The first-order valence-electron chi connectivity index (χ1n) is 8.01. The summed E-state index contributed by atoms with van der Waals surface area (Å²) < 4.78 is 2.08. The van der Waals surface area contributed by atoms with Crippen molar-refractivity contribution in [2.24, 2.45) is 0 Å². The van der Waals surface area contributed by atoms with E-state index in [1.165, 1.54) is 30.6 Å². The number of piperidine rings is 1. The van der Waals surface area contributed by atoms with Gasteiger partial charge in [0.15, 0.2) is 0 Å². The molecule has 3 rings (SSSR count). The fourth-order valence-electron chi connectivity index (χ4n) is 3.22. The van der Waals surface area contributed by atoms with Crippen molar-refractivity contribution in [3.8, 4) is 0 Å². The van der Waals surface area contributed by atoms with Gasteiger partial charge in [-0.3, -0.25) is 9.58 Å². The van der Waals surface area contributed by atoms with Crippen LogP contribution in [0.25, 0.3) is 0 Å². The molecule has 0 aromatic carbocycles. The van der Waals surface area contributed by atoms with Gasteiger partial charge in [0.1, 0.15) is 5.82 Å². The van der Waals surface area contributed by atoms with E-state index in [1.807, 2.05) is 12.4 Å². The first kappa shape index (κ1) is 14.3. The maximum atomic E-state index is 4.61. The highest BCUT2D eigenvalue weighted by Gasteiger charge is 2.23. The fraction of sp³-hybridized carbons (Fsp3) is 0.625. The SMILES string of the molecule is CCCn1cc(CN2CCCC(c3ncc[nH]3)C2)c(C)n1. The Hall–Kier alpha value is -1.62. The average molecular weight is 287 g/mol. The van der Waals surface area contributed by atoms with Gasteiger partial charge in [-0.1, -0.05) is 6.92 Å². The van der Waals surface area contributed by atoms with Crippen LogP contribution in [0.1, 0.15) is 49.2 Å². The van der Waals surface area contributed by atoms with Gasteiger partial charge in [0.2, 0.25) is 0 Å². The van der Waals surface area contributed by atoms with Crippen molar-refractivity contribution in [2.45, 2.75) is 52.1 Å². The molecule has 1 fully saturated rings. The van der Waals surface area contributed by atoms with Crippen LogP contribution in [0.5, 0.6) is 0 Å². The van der Waals surface area contributed by atoms with E-state index in [9.17, 15) is 0 Å². The van der Waals surface area contributed by atoms with E-state index in [2.05, 4.69) is 44.7 Å². The van der Waals surface area contributed by atoms with Gasteiger partial charge in [-0.05, 0) is 32.7 Å². The molecule has 1 aliphatic heterocycles. The number of imidazole rings is 1. The highest BCUT2D eigenvalue weighted by Crippen LogP contribution is 2.25. The third-order valence-electron chi connectivity index (χ3n) is 4.31. The topological polar surface area (TPSA) is 49.7 Å². The number of hydrogen-bond acceptors (Lipinski definition) is 3. The number of rotatable bonds is 5. The molecule has 3 heterocycles. The van der Waals surface area contributed by atoms with Crippen LogP contribution in [0.2, 0.25) is 0 Å². The zero-order chi connectivity index (χ0) is 14.7.